The largest absolute Gasteiger partial charge is 0.344 e. The lowest BCUT2D eigenvalue weighted by Crippen LogP contribution is -2.40. The van der Waals surface area contributed by atoms with Gasteiger partial charge in [-0.2, -0.15) is 0 Å². The molecule has 0 aromatic heterocycles. The van der Waals surface area contributed by atoms with Crippen LogP contribution in [0, 0.1) is 5.92 Å². The number of carbonyl (C=O) groups is 2. The second-order valence-electron chi connectivity index (χ2n) is 3.42. The van der Waals surface area contributed by atoms with E-state index in [1.807, 2.05) is 13.8 Å². The minimum atomic E-state index is -0.485. The SMILES string of the molecule is CC(C)C(=O)NC1(C=O)CC1. The van der Waals surface area contributed by atoms with Gasteiger partial charge in [-0.15, -0.1) is 0 Å². The molecule has 1 aliphatic carbocycles. The molecule has 3 heteroatoms. The van der Waals surface area contributed by atoms with Gasteiger partial charge in [0.1, 0.15) is 6.29 Å². The van der Waals surface area contributed by atoms with Gasteiger partial charge in [-0.25, -0.2) is 0 Å². The highest BCUT2D eigenvalue weighted by Crippen LogP contribution is 2.32. The topological polar surface area (TPSA) is 46.2 Å². The molecule has 0 saturated heterocycles. The summed E-state index contributed by atoms with van der Waals surface area (Å²) in [6.07, 6.45) is 2.44. The van der Waals surface area contributed by atoms with E-state index in [4.69, 9.17) is 0 Å². The Balaban J connectivity index is 2.42. The Morgan fingerprint density at radius 2 is 2.09 bits per heavy atom. The molecule has 0 radical (unpaired) electrons. The van der Waals surface area contributed by atoms with Gasteiger partial charge in [0.25, 0.3) is 0 Å². The minimum Gasteiger partial charge on any atom is -0.344 e. The number of hydrogen-bond donors (Lipinski definition) is 1. The minimum absolute atomic E-state index is 0.0328. The van der Waals surface area contributed by atoms with E-state index in [1.54, 1.807) is 0 Å². The molecule has 0 atom stereocenters. The fraction of sp³-hybridized carbons (Fsp3) is 0.750. The lowest BCUT2D eigenvalue weighted by Gasteiger charge is -2.11. The van der Waals surface area contributed by atoms with Crippen LogP contribution in [-0.2, 0) is 9.59 Å². The summed E-state index contributed by atoms with van der Waals surface area (Å²) < 4.78 is 0. The van der Waals surface area contributed by atoms with Crippen LogP contribution >= 0.6 is 0 Å². The molecule has 0 aromatic rings. The molecule has 3 nitrogen and oxygen atoms in total. The zero-order chi connectivity index (χ0) is 8.48. The number of amides is 1. The first-order chi connectivity index (χ1) is 5.09. The summed E-state index contributed by atoms with van der Waals surface area (Å²) in [6, 6.07) is 0. The fourth-order valence-electron chi connectivity index (χ4n) is 0.797. The monoisotopic (exact) mass is 155 g/mol. The summed E-state index contributed by atoms with van der Waals surface area (Å²) in [5.74, 6) is -0.0676. The molecular formula is C8H13NO2. The van der Waals surface area contributed by atoms with E-state index in [9.17, 15) is 9.59 Å². The normalized spacial score (nSPS) is 19.5. The van der Waals surface area contributed by atoms with E-state index < -0.39 is 5.54 Å². The van der Waals surface area contributed by atoms with E-state index >= 15 is 0 Å². The van der Waals surface area contributed by atoms with Crippen molar-refractivity contribution in [3.63, 3.8) is 0 Å². The molecule has 1 saturated carbocycles. The third kappa shape index (κ3) is 1.79. The third-order valence-electron chi connectivity index (χ3n) is 1.91. The molecule has 1 fully saturated rings. The van der Waals surface area contributed by atoms with Crippen LogP contribution in [0.3, 0.4) is 0 Å². The van der Waals surface area contributed by atoms with Gasteiger partial charge in [-0.05, 0) is 12.8 Å². The van der Waals surface area contributed by atoms with Crippen molar-refractivity contribution in [3.8, 4) is 0 Å². The van der Waals surface area contributed by atoms with E-state index in [1.165, 1.54) is 0 Å². The maximum Gasteiger partial charge on any atom is 0.223 e. The molecule has 0 heterocycles. The van der Waals surface area contributed by atoms with Crippen molar-refractivity contribution in [2.24, 2.45) is 5.92 Å². The number of hydrogen-bond acceptors (Lipinski definition) is 2. The lowest BCUT2D eigenvalue weighted by atomic mass is 10.2. The lowest BCUT2D eigenvalue weighted by molar-refractivity contribution is -0.127. The van der Waals surface area contributed by atoms with Crippen LogP contribution in [0.15, 0.2) is 0 Å². The van der Waals surface area contributed by atoms with E-state index in [-0.39, 0.29) is 11.8 Å². The van der Waals surface area contributed by atoms with Crippen molar-refractivity contribution in [3.05, 3.63) is 0 Å². The zero-order valence-corrected chi connectivity index (χ0v) is 6.89. The van der Waals surface area contributed by atoms with Gasteiger partial charge in [0.2, 0.25) is 5.91 Å². The average Bonchev–Trinajstić information content (AvgIpc) is 2.69. The van der Waals surface area contributed by atoms with Crippen molar-refractivity contribution in [1.82, 2.24) is 5.32 Å². The Morgan fingerprint density at radius 1 is 1.55 bits per heavy atom. The maximum absolute atomic E-state index is 11.1. The van der Waals surface area contributed by atoms with Crippen LogP contribution in [0.2, 0.25) is 0 Å². The molecule has 0 aromatic carbocycles. The quantitative estimate of drug-likeness (QED) is 0.603. The Morgan fingerprint density at radius 3 is 2.36 bits per heavy atom. The highest BCUT2D eigenvalue weighted by Gasteiger charge is 2.44. The van der Waals surface area contributed by atoms with Crippen molar-refractivity contribution in [2.75, 3.05) is 0 Å². The van der Waals surface area contributed by atoms with Crippen LogP contribution in [0.1, 0.15) is 26.7 Å². The van der Waals surface area contributed by atoms with Gasteiger partial charge in [-0.3, -0.25) is 4.79 Å². The van der Waals surface area contributed by atoms with Crippen LogP contribution in [0.5, 0.6) is 0 Å². The first-order valence-corrected chi connectivity index (χ1v) is 3.88. The molecule has 0 spiro atoms. The van der Waals surface area contributed by atoms with Crippen LogP contribution in [0.4, 0.5) is 0 Å². The molecule has 1 amide bonds. The Hall–Kier alpha value is -0.860. The molecule has 0 unspecified atom stereocenters. The van der Waals surface area contributed by atoms with Gasteiger partial charge in [0.15, 0.2) is 0 Å². The first kappa shape index (κ1) is 8.24. The molecule has 0 bridgehead atoms. The summed E-state index contributed by atoms with van der Waals surface area (Å²) in [4.78, 5) is 21.5. The summed E-state index contributed by atoms with van der Waals surface area (Å²) >= 11 is 0. The van der Waals surface area contributed by atoms with Gasteiger partial charge in [0.05, 0.1) is 5.54 Å². The van der Waals surface area contributed by atoms with Gasteiger partial charge in [0, 0.05) is 5.92 Å². The Labute approximate surface area is 66.2 Å². The highest BCUT2D eigenvalue weighted by molar-refractivity contribution is 5.84. The molecule has 0 aliphatic heterocycles. The van der Waals surface area contributed by atoms with Gasteiger partial charge >= 0.3 is 0 Å². The Bertz CT molecular complexity index is 183. The zero-order valence-electron chi connectivity index (χ0n) is 6.89. The van der Waals surface area contributed by atoms with Crippen LogP contribution < -0.4 is 5.32 Å². The van der Waals surface area contributed by atoms with Crippen molar-refractivity contribution >= 4 is 12.2 Å². The second kappa shape index (κ2) is 2.64. The summed E-state index contributed by atoms with van der Waals surface area (Å²) in [6.45, 7) is 3.63. The molecule has 1 aliphatic rings. The van der Waals surface area contributed by atoms with E-state index in [0.29, 0.717) is 0 Å². The van der Waals surface area contributed by atoms with Crippen molar-refractivity contribution in [2.45, 2.75) is 32.2 Å². The van der Waals surface area contributed by atoms with E-state index in [2.05, 4.69) is 5.32 Å². The predicted molar refractivity (Wildman–Crippen MR) is 41.0 cm³/mol. The standard InChI is InChI=1S/C8H13NO2/c1-6(2)7(11)9-8(5-10)3-4-8/h5-6H,3-4H2,1-2H3,(H,9,11). The highest BCUT2D eigenvalue weighted by atomic mass is 16.2. The molecule has 62 valence electrons. The van der Waals surface area contributed by atoms with E-state index in [0.717, 1.165) is 19.1 Å². The number of aldehydes is 1. The maximum atomic E-state index is 11.1. The summed E-state index contributed by atoms with van der Waals surface area (Å²) in [5.41, 5.74) is -0.485. The number of carbonyl (C=O) groups excluding carboxylic acids is 2. The number of nitrogens with one attached hydrogen (secondary N) is 1. The van der Waals surface area contributed by atoms with Crippen molar-refractivity contribution in [1.29, 1.82) is 0 Å². The average molecular weight is 155 g/mol. The summed E-state index contributed by atoms with van der Waals surface area (Å²) in [5, 5.41) is 2.71. The molecule has 1 rings (SSSR count). The second-order valence-corrected chi connectivity index (χ2v) is 3.42. The van der Waals surface area contributed by atoms with Crippen molar-refractivity contribution < 1.29 is 9.59 Å². The molecule has 11 heavy (non-hydrogen) atoms. The number of rotatable bonds is 3. The molecular weight excluding hydrogens is 142 g/mol. The Kier molecular flexibility index (Phi) is 1.98. The first-order valence-electron chi connectivity index (χ1n) is 3.88. The van der Waals surface area contributed by atoms with Crippen LogP contribution in [0.25, 0.3) is 0 Å². The van der Waals surface area contributed by atoms with Gasteiger partial charge in [-0.1, -0.05) is 13.8 Å². The van der Waals surface area contributed by atoms with Gasteiger partial charge < -0.3 is 10.1 Å². The van der Waals surface area contributed by atoms with Crippen LogP contribution in [-0.4, -0.2) is 17.7 Å². The third-order valence-corrected chi connectivity index (χ3v) is 1.91. The summed E-state index contributed by atoms with van der Waals surface area (Å²) in [7, 11) is 0. The fourth-order valence-corrected chi connectivity index (χ4v) is 0.797. The smallest absolute Gasteiger partial charge is 0.223 e. The predicted octanol–water partition coefficient (Wildman–Crippen LogP) is 0.490. The molecule has 1 N–H and O–H groups in total.